The number of unbranched alkanes of at least 4 members (excludes halogenated alkanes) is 21. The van der Waals surface area contributed by atoms with Gasteiger partial charge in [0.15, 0.2) is 0 Å². The summed E-state index contributed by atoms with van der Waals surface area (Å²) in [4.78, 5) is 73.0. The van der Waals surface area contributed by atoms with Gasteiger partial charge in [-0.2, -0.15) is 0 Å². The first-order valence-electron chi connectivity index (χ1n) is 21.2. The summed E-state index contributed by atoms with van der Waals surface area (Å²) in [5.41, 5.74) is 0. The molecule has 0 aromatic heterocycles. The molecule has 0 aliphatic heterocycles. The first-order chi connectivity index (χ1) is 25.8. The smallest absolute Gasteiger partial charge is 0.303 e. The predicted octanol–water partition coefficient (Wildman–Crippen LogP) is 7.40. The van der Waals surface area contributed by atoms with Gasteiger partial charge in [0.2, 0.25) is 23.6 Å². The summed E-state index contributed by atoms with van der Waals surface area (Å²) in [6, 6.07) is 0. The fourth-order valence-electron chi connectivity index (χ4n) is 6.66. The molecule has 0 aromatic rings. The van der Waals surface area contributed by atoms with E-state index in [0.29, 0.717) is 26.2 Å². The summed E-state index contributed by atoms with van der Waals surface area (Å²) in [6.07, 6.45) is 26.2. The van der Waals surface area contributed by atoms with Crippen molar-refractivity contribution in [2.75, 3.05) is 39.3 Å². The molecular formula is C42H78N4O8. The summed E-state index contributed by atoms with van der Waals surface area (Å²) in [6.45, 7) is 10.8. The molecule has 0 rings (SSSR count). The summed E-state index contributed by atoms with van der Waals surface area (Å²) in [7, 11) is 0. The highest BCUT2D eigenvalue weighted by atomic mass is 16.5. The number of rotatable bonds is 35. The van der Waals surface area contributed by atoms with Gasteiger partial charge in [-0.25, -0.2) is 0 Å². The number of amides is 4. The van der Waals surface area contributed by atoms with Gasteiger partial charge < -0.3 is 29.9 Å². The molecule has 0 unspecified atom stereocenters. The lowest BCUT2D eigenvalue weighted by molar-refractivity contribution is -0.150. The van der Waals surface area contributed by atoms with Crippen LogP contribution in [0.1, 0.15) is 183 Å². The third-order valence-electron chi connectivity index (χ3n) is 9.67. The number of ether oxygens (including phenoxy) is 2. The molecule has 2 N–H and O–H groups in total. The fourth-order valence-corrected chi connectivity index (χ4v) is 6.66. The Labute approximate surface area is 328 Å². The second-order valence-corrected chi connectivity index (χ2v) is 15.0. The minimum absolute atomic E-state index is 0.0485. The summed E-state index contributed by atoms with van der Waals surface area (Å²) in [5, 5.41) is 5.34. The van der Waals surface area contributed by atoms with Gasteiger partial charge in [0.25, 0.3) is 0 Å². The first-order valence-corrected chi connectivity index (χ1v) is 21.2. The van der Waals surface area contributed by atoms with Crippen molar-refractivity contribution in [3.05, 3.63) is 0 Å². The molecule has 0 heterocycles. The Bertz CT molecular complexity index is 960. The molecule has 12 heteroatoms. The molecule has 0 fully saturated rings. The number of carbonyl (C=O) groups is 6. The molecule has 0 saturated heterocycles. The van der Waals surface area contributed by atoms with Crippen LogP contribution in [0.5, 0.6) is 0 Å². The minimum Gasteiger partial charge on any atom is -0.459 e. The Balaban J connectivity index is 3.68. The van der Waals surface area contributed by atoms with E-state index in [2.05, 4.69) is 10.6 Å². The van der Waals surface area contributed by atoms with Crippen molar-refractivity contribution in [2.45, 2.75) is 195 Å². The normalized spacial score (nSPS) is 12.0. The quantitative estimate of drug-likeness (QED) is 0.0500. The van der Waals surface area contributed by atoms with E-state index in [1.165, 1.54) is 157 Å². The number of nitrogens with one attached hydrogen (secondary N) is 2. The lowest BCUT2D eigenvalue weighted by Gasteiger charge is -2.26. The van der Waals surface area contributed by atoms with Crippen LogP contribution in [0.15, 0.2) is 0 Å². The second kappa shape index (κ2) is 34.3. The van der Waals surface area contributed by atoms with Crippen LogP contribution in [0.25, 0.3) is 0 Å². The molecule has 0 aromatic carbocycles. The number of hydrogen-bond donors (Lipinski definition) is 2. The average Bonchev–Trinajstić information content (AvgIpc) is 3.09. The van der Waals surface area contributed by atoms with Crippen LogP contribution in [0, 0.1) is 0 Å². The SMILES string of the molecule is CC(=O)NC[C@H](CN(CCCCCCCCCCCCCCCCCCCCCCCCN(C[C@H](CNC(C)=O)OC(C)=O)C(C)=O)C(C)=O)OC(C)=O. The van der Waals surface area contributed by atoms with Crippen LogP contribution >= 0.6 is 0 Å². The molecular weight excluding hydrogens is 688 g/mol. The number of nitrogens with zero attached hydrogens (tertiary/aromatic N) is 2. The number of esters is 2. The van der Waals surface area contributed by atoms with Crippen molar-refractivity contribution in [1.82, 2.24) is 20.4 Å². The van der Waals surface area contributed by atoms with E-state index in [-0.39, 0.29) is 36.7 Å². The highest BCUT2D eigenvalue weighted by molar-refractivity contribution is 5.75. The second-order valence-electron chi connectivity index (χ2n) is 15.0. The van der Waals surface area contributed by atoms with E-state index in [1.54, 1.807) is 9.80 Å². The Morgan fingerprint density at radius 3 is 0.796 bits per heavy atom. The molecule has 314 valence electrons. The molecule has 0 radical (unpaired) electrons. The predicted molar refractivity (Wildman–Crippen MR) is 215 cm³/mol. The fraction of sp³-hybridized carbons (Fsp3) is 0.857. The standard InChI is InChI=1S/C42H78N4O8/c1-35(47)43-31-41(53-39(5)51)33-45(37(3)49)29-27-25-23-21-19-17-15-13-11-9-7-8-10-12-14-16-18-20-22-24-26-28-30-46(38(4)50)34-42(54-40(6)52)32-44-36(2)48/h41-42H,7-34H2,1-6H3,(H,43,47)(H,44,48)/t41-,42+. The van der Waals surface area contributed by atoms with E-state index >= 15 is 0 Å². The molecule has 2 atom stereocenters. The van der Waals surface area contributed by atoms with Gasteiger partial charge in [0, 0.05) is 54.6 Å². The van der Waals surface area contributed by atoms with E-state index < -0.39 is 24.1 Å². The van der Waals surface area contributed by atoms with Crippen LogP contribution in [0.2, 0.25) is 0 Å². The molecule has 0 saturated carbocycles. The van der Waals surface area contributed by atoms with Crippen molar-refractivity contribution in [2.24, 2.45) is 0 Å². The van der Waals surface area contributed by atoms with Crippen molar-refractivity contribution in [1.29, 1.82) is 0 Å². The third-order valence-corrected chi connectivity index (χ3v) is 9.67. The zero-order valence-corrected chi connectivity index (χ0v) is 35.1. The van der Waals surface area contributed by atoms with Gasteiger partial charge in [-0.1, -0.05) is 128 Å². The third kappa shape index (κ3) is 33.4. The van der Waals surface area contributed by atoms with Crippen LogP contribution in [-0.2, 0) is 38.2 Å². The Kier molecular flexibility index (Phi) is 32.3. The van der Waals surface area contributed by atoms with E-state index in [9.17, 15) is 28.8 Å². The number of hydrogen-bond acceptors (Lipinski definition) is 8. The molecule has 0 spiro atoms. The Morgan fingerprint density at radius 2 is 0.611 bits per heavy atom. The molecule has 4 amide bonds. The highest BCUT2D eigenvalue weighted by Gasteiger charge is 2.20. The Hall–Kier alpha value is -3.18. The van der Waals surface area contributed by atoms with E-state index in [1.807, 2.05) is 0 Å². The van der Waals surface area contributed by atoms with Crippen molar-refractivity contribution < 1.29 is 38.2 Å². The minimum atomic E-state index is -0.542. The van der Waals surface area contributed by atoms with Gasteiger partial charge in [0.05, 0.1) is 26.2 Å². The van der Waals surface area contributed by atoms with Crippen molar-refractivity contribution >= 4 is 35.6 Å². The number of carbonyl (C=O) groups excluding carboxylic acids is 6. The zero-order chi connectivity index (χ0) is 40.4. The van der Waals surface area contributed by atoms with Crippen LogP contribution in [0.4, 0.5) is 0 Å². The molecule has 12 nitrogen and oxygen atoms in total. The van der Waals surface area contributed by atoms with Gasteiger partial charge in [-0.3, -0.25) is 28.8 Å². The van der Waals surface area contributed by atoms with E-state index in [4.69, 9.17) is 9.47 Å². The zero-order valence-electron chi connectivity index (χ0n) is 35.1. The summed E-state index contributed by atoms with van der Waals surface area (Å²) in [5.74, 6) is -1.33. The average molecular weight is 767 g/mol. The monoisotopic (exact) mass is 767 g/mol. The van der Waals surface area contributed by atoms with Gasteiger partial charge in [0.1, 0.15) is 12.2 Å². The maximum Gasteiger partial charge on any atom is 0.303 e. The van der Waals surface area contributed by atoms with E-state index in [0.717, 1.165) is 25.7 Å². The highest BCUT2D eigenvalue weighted by Crippen LogP contribution is 2.16. The maximum atomic E-state index is 12.1. The molecule has 0 bridgehead atoms. The Morgan fingerprint density at radius 1 is 0.389 bits per heavy atom. The van der Waals surface area contributed by atoms with Gasteiger partial charge in [-0.05, 0) is 12.8 Å². The van der Waals surface area contributed by atoms with Gasteiger partial charge >= 0.3 is 11.9 Å². The maximum absolute atomic E-state index is 12.1. The lowest BCUT2D eigenvalue weighted by atomic mass is 10.0. The lowest BCUT2D eigenvalue weighted by Crippen LogP contribution is -2.44. The van der Waals surface area contributed by atoms with Gasteiger partial charge in [-0.15, -0.1) is 0 Å². The topological polar surface area (TPSA) is 151 Å². The van der Waals surface area contributed by atoms with Crippen LogP contribution in [-0.4, -0.2) is 96.8 Å². The molecule has 0 aliphatic rings. The van der Waals surface area contributed by atoms with Crippen molar-refractivity contribution in [3.63, 3.8) is 0 Å². The van der Waals surface area contributed by atoms with Crippen LogP contribution in [0.3, 0.4) is 0 Å². The first kappa shape index (κ1) is 50.8. The summed E-state index contributed by atoms with van der Waals surface area (Å²) >= 11 is 0. The molecule has 0 aliphatic carbocycles. The summed E-state index contributed by atoms with van der Waals surface area (Å²) < 4.78 is 10.6. The molecule has 54 heavy (non-hydrogen) atoms. The largest absolute Gasteiger partial charge is 0.459 e. The van der Waals surface area contributed by atoms with Crippen LogP contribution < -0.4 is 10.6 Å². The van der Waals surface area contributed by atoms with Crippen molar-refractivity contribution in [3.8, 4) is 0 Å².